The highest BCUT2D eigenvalue weighted by molar-refractivity contribution is 5.81. The molecule has 1 saturated heterocycles. The van der Waals surface area contributed by atoms with Crippen molar-refractivity contribution in [2.45, 2.75) is 57.2 Å². The van der Waals surface area contributed by atoms with Gasteiger partial charge in [0.05, 0.1) is 11.2 Å². The molecule has 1 N–H and O–H groups in total. The molecule has 2 saturated carbocycles. The van der Waals surface area contributed by atoms with E-state index >= 15 is 0 Å². The van der Waals surface area contributed by atoms with E-state index in [-0.39, 0.29) is 28.7 Å². The van der Waals surface area contributed by atoms with Gasteiger partial charge in [0.1, 0.15) is 0 Å². The average molecular weight is 367 g/mol. The molecule has 1 aromatic carbocycles. The van der Waals surface area contributed by atoms with Crippen LogP contribution in [0.4, 0.5) is 13.2 Å². The monoisotopic (exact) mass is 367 g/mol. The summed E-state index contributed by atoms with van der Waals surface area (Å²) in [6.07, 6.45) is -1.34. The van der Waals surface area contributed by atoms with E-state index in [1.54, 1.807) is 19.1 Å². The van der Waals surface area contributed by atoms with Gasteiger partial charge < -0.3 is 10.0 Å². The van der Waals surface area contributed by atoms with Gasteiger partial charge in [-0.15, -0.1) is 0 Å². The lowest BCUT2D eigenvalue weighted by atomic mass is 9.55. The topological polar surface area (TPSA) is 40.5 Å². The minimum absolute atomic E-state index is 0.0456. The molecule has 3 fully saturated rings. The van der Waals surface area contributed by atoms with Gasteiger partial charge in [-0.1, -0.05) is 12.1 Å². The molecule has 3 aliphatic rings. The molecular formula is C20H24F3NO2. The molecule has 1 heterocycles. The Morgan fingerprint density at radius 2 is 1.81 bits per heavy atom. The lowest BCUT2D eigenvalue weighted by Gasteiger charge is -2.60. The summed E-state index contributed by atoms with van der Waals surface area (Å²) in [5.74, 6) is 0.393. The van der Waals surface area contributed by atoms with Gasteiger partial charge >= 0.3 is 6.18 Å². The van der Waals surface area contributed by atoms with Crippen molar-refractivity contribution in [3.63, 3.8) is 0 Å². The quantitative estimate of drug-likeness (QED) is 0.862. The molecule has 3 nitrogen and oxygen atoms in total. The number of benzene rings is 1. The minimum atomic E-state index is -4.30. The van der Waals surface area contributed by atoms with Crippen LogP contribution in [-0.4, -0.2) is 34.6 Å². The number of aryl methyl sites for hydroxylation is 1. The molecule has 0 bridgehead atoms. The first-order valence-electron chi connectivity index (χ1n) is 9.17. The number of aliphatic hydroxyl groups is 1. The number of carbonyl (C=O) groups is 1. The Bertz CT molecular complexity index is 734. The molecule has 1 amide bonds. The summed E-state index contributed by atoms with van der Waals surface area (Å²) >= 11 is 0. The third kappa shape index (κ3) is 2.92. The maximum atomic E-state index is 12.9. The molecule has 142 valence electrons. The van der Waals surface area contributed by atoms with Gasteiger partial charge in [0, 0.05) is 24.4 Å². The van der Waals surface area contributed by atoms with E-state index in [1.165, 1.54) is 13.0 Å². The molecule has 1 aliphatic heterocycles. The first-order chi connectivity index (χ1) is 12.0. The van der Waals surface area contributed by atoms with Crippen LogP contribution in [0.3, 0.4) is 0 Å². The number of likely N-dealkylation sites (tertiary alicyclic amines) is 1. The fourth-order valence-electron chi connectivity index (χ4n) is 5.09. The Hall–Kier alpha value is -1.56. The third-order valence-electron chi connectivity index (χ3n) is 6.47. The highest BCUT2D eigenvalue weighted by Gasteiger charge is 2.56. The lowest BCUT2D eigenvalue weighted by molar-refractivity contribution is -0.168. The molecular weight excluding hydrogens is 343 g/mol. The molecule has 2 aliphatic carbocycles. The number of hydrogen-bond donors (Lipinski definition) is 1. The number of rotatable bonds is 2. The van der Waals surface area contributed by atoms with E-state index in [0.717, 1.165) is 31.5 Å². The van der Waals surface area contributed by atoms with Crippen LogP contribution < -0.4 is 0 Å². The number of halogens is 3. The summed E-state index contributed by atoms with van der Waals surface area (Å²) in [7, 11) is 0. The van der Waals surface area contributed by atoms with Crippen molar-refractivity contribution in [1.82, 2.24) is 4.90 Å². The van der Waals surface area contributed by atoms with Crippen molar-refractivity contribution in [2.75, 3.05) is 13.1 Å². The van der Waals surface area contributed by atoms with Crippen LogP contribution in [0.5, 0.6) is 0 Å². The zero-order valence-electron chi connectivity index (χ0n) is 15.1. The van der Waals surface area contributed by atoms with E-state index in [9.17, 15) is 23.1 Å². The van der Waals surface area contributed by atoms with Gasteiger partial charge in [0.2, 0.25) is 5.91 Å². The zero-order valence-corrected chi connectivity index (χ0v) is 15.1. The molecule has 6 heteroatoms. The molecule has 1 spiro atoms. The number of carbonyl (C=O) groups excluding carboxylic acids is 1. The third-order valence-corrected chi connectivity index (χ3v) is 6.47. The molecule has 4 rings (SSSR count). The van der Waals surface area contributed by atoms with Crippen LogP contribution in [-0.2, 0) is 11.0 Å². The molecule has 0 aromatic heterocycles. The lowest BCUT2D eigenvalue weighted by Crippen LogP contribution is -2.65. The maximum absolute atomic E-state index is 12.9. The van der Waals surface area contributed by atoms with E-state index in [2.05, 4.69) is 0 Å². The Balaban J connectivity index is 1.31. The fraction of sp³-hybridized carbons (Fsp3) is 0.650. The second-order valence-corrected chi connectivity index (χ2v) is 8.97. The van der Waals surface area contributed by atoms with Crippen LogP contribution in [0.25, 0.3) is 0 Å². The van der Waals surface area contributed by atoms with Gasteiger partial charge in [-0.05, 0) is 62.6 Å². The Morgan fingerprint density at radius 1 is 1.19 bits per heavy atom. The van der Waals surface area contributed by atoms with E-state index < -0.39 is 17.3 Å². The number of hydrogen-bond acceptors (Lipinski definition) is 2. The second kappa shape index (κ2) is 5.47. The fourth-order valence-corrected chi connectivity index (χ4v) is 5.09. The SMILES string of the molecule is Cc1cc(C2CC3(C2)CN(C(=O)[C@H]2C[C@@](C)(O)C2)C3)ccc1C(F)(F)F. The van der Waals surface area contributed by atoms with Crippen molar-refractivity contribution < 1.29 is 23.1 Å². The normalized spacial score (nSPS) is 30.5. The standard InChI is InChI=1S/C20H24F3NO2/c1-12-5-13(3-4-16(12)20(21,22)23)14-8-19(9-14)10-24(11-19)17(25)15-6-18(2,26)7-15/h3-5,14-15,26H,6-11H2,1-2H3/t15-,18+. The minimum Gasteiger partial charge on any atom is -0.390 e. The highest BCUT2D eigenvalue weighted by Crippen LogP contribution is 2.57. The summed E-state index contributed by atoms with van der Waals surface area (Å²) in [5, 5.41) is 9.78. The smallest absolute Gasteiger partial charge is 0.390 e. The zero-order chi connectivity index (χ0) is 18.9. The summed E-state index contributed by atoms with van der Waals surface area (Å²) in [6.45, 7) is 4.77. The molecule has 0 atom stereocenters. The van der Waals surface area contributed by atoms with E-state index in [1.807, 2.05) is 4.90 Å². The van der Waals surface area contributed by atoms with Gasteiger partial charge in [-0.3, -0.25) is 4.79 Å². The van der Waals surface area contributed by atoms with Gasteiger partial charge in [0.15, 0.2) is 0 Å². The Labute approximate surface area is 151 Å². The second-order valence-electron chi connectivity index (χ2n) is 8.97. The van der Waals surface area contributed by atoms with Crippen LogP contribution in [0.2, 0.25) is 0 Å². The largest absolute Gasteiger partial charge is 0.416 e. The maximum Gasteiger partial charge on any atom is 0.416 e. The number of alkyl halides is 3. The van der Waals surface area contributed by atoms with E-state index in [4.69, 9.17) is 0 Å². The highest BCUT2D eigenvalue weighted by atomic mass is 19.4. The van der Waals surface area contributed by atoms with Crippen LogP contribution in [0, 0.1) is 18.3 Å². The molecule has 1 aromatic rings. The van der Waals surface area contributed by atoms with Crippen molar-refractivity contribution in [3.8, 4) is 0 Å². The number of amides is 1. The van der Waals surface area contributed by atoms with Crippen molar-refractivity contribution in [1.29, 1.82) is 0 Å². The molecule has 26 heavy (non-hydrogen) atoms. The first kappa shape index (κ1) is 17.8. The van der Waals surface area contributed by atoms with E-state index in [0.29, 0.717) is 12.8 Å². The van der Waals surface area contributed by atoms with Crippen molar-refractivity contribution >= 4 is 5.91 Å². The summed E-state index contributed by atoms with van der Waals surface area (Å²) < 4.78 is 38.6. The van der Waals surface area contributed by atoms with Gasteiger partial charge in [0.25, 0.3) is 0 Å². The van der Waals surface area contributed by atoms with Gasteiger partial charge in [-0.25, -0.2) is 0 Å². The average Bonchev–Trinajstić information content (AvgIpc) is 2.40. The predicted molar refractivity (Wildman–Crippen MR) is 90.5 cm³/mol. The van der Waals surface area contributed by atoms with Crippen molar-refractivity contribution in [2.24, 2.45) is 11.3 Å². The predicted octanol–water partition coefficient (Wildman–Crippen LogP) is 3.88. The van der Waals surface area contributed by atoms with Crippen LogP contribution in [0.1, 0.15) is 55.2 Å². The van der Waals surface area contributed by atoms with Crippen LogP contribution >= 0.6 is 0 Å². The first-order valence-corrected chi connectivity index (χ1v) is 9.17. The summed E-state index contributed by atoms with van der Waals surface area (Å²) in [5.41, 5.74) is 0.153. The number of nitrogens with zero attached hydrogens (tertiary/aromatic N) is 1. The Kier molecular flexibility index (Phi) is 3.75. The molecule has 0 unspecified atom stereocenters. The van der Waals surface area contributed by atoms with Crippen LogP contribution in [0.15, 0.2) is 18.2 Å². The van der Waals surface area contributed by atoms with Crippen molar-refractivity contribution in [3.05, 3.63) is 34.9 Å². The summed E-state index contributed by atoms with van der Waals surface area (Å²) in [4.78, 5) is 14.2. The molecule has 0 radical (unpaired) electrons. The summed E-state index contributed by atoms with van der Waals surface area (Å²) in [6, 6.07) is 4.46. The Morgan fingerprint density at radius 3 is 2.31 bits per heavy atom. The van der Waals surface area contributed by atoms with Gasteiger partial charge in [-0.2, -0.15) is 13.2 Å².